The molecule has 0 spiro atoms. The van der Waals surface area contributed by atoms with Crippen molar-refractivity contribution >= 4 is 12.0 Å². The quantitative estimate of drug-likeness (QED) is 0.869. The molecule has 1 aromatic heterocycles. The Kier molecular flexibility index (Phi) is 3.26. The second-order valence-electron chi connectivity index (χ2n) is 5.55. The first-order chi connectivity index (χ1) is 8.83. The van der Waals surface area contributed by atoms with Crippen molar-refractivity contribution < 1.29 is 14.7 Å². The van der Waals surface area contributed by atoms with Crippen LogP contribution in [0.15, 0.2) is 18.5 Å². The molecule has 1 saturated heterocycles. The van der Waals surface area contributed by atoms with Gasteiger partial charge in [0.05, 0.1) is 12.5 Å². The lowest BCUT2D eigenvalue weighted by atomic mass is 9.98. The molecule has 0 saturated carbocycles. The molecule has 2 N–H and O–H groups in total. The second-order valence-corrected chi connectivity index (χ2v) is 5.55. The van der Waals surface area contributed by atoms with Gasteiger partial charge in [0.25, 0.3) is 0 Å². The Morgan fingerprint density at radius 3 is 2.79 bits per heavy atom. The maximum atomic E-state index is 12.3. The maximum Gasteiger partial charge on any atom is 0.320 e. The van der Waals surface area contributed by atoms with Crippen molar-refractivity contribution in [1.82, 2.24) is 14.8 Å². The summed E-state index contributed by atoms with van der Waals surface area (Å²) in [7, 11) is 1.75. The first-order valence-electron chi connectivity index (χ1n) is 6.22. The van der Waals surface area contributed by atoms with Gasteiger partial charge < -0.3 is 19.9 Å². The van der Waals surface area contributed by atoms with Crippen molar-refractivity contribution in [2.75, 3.05) is 13.6 Å². The van der Waals surface area contributed by atoms with Gasteiger partial charge in [-0.25, -0.2) is 4.79 Å². The van der Waals surface area contributed by atoms with Gasteiger partial charge in [-0.3, -0.25) is 4.79 Å². The number of urea groups is 1. The number of aromatic nitrogens is 1. The predicted octanol–water partition coefficient (Wildman–Crippen LogP) is 1.68. The summed E-state index contributed by atoms with van der Waals surface area (Å²) in [6, 6.07) is 1.77. The number of amides is 2. The zero-order valence-electron chi connectivity index (χ0n) is 11.4. The second kappa shape index (κ2) is 4.60. The third-order valence-corrected chi connectivity index (χ3v) is 3.68. The van der Waals surface area contributed by atoms with E-state index in [9.17, 15) is 9.59 Å². The highest BCUT2D eigenvalue weighted by Gasteiger charge is 2.43. The number of carboxylic acid groups (broad SMARTS) is 1. The number of nitrogens with one attached hydrogen (secondary N) is 1. The molecule has 1 aromatic rings. The van der Waals surface area contributed by atoms with Gasteiger partial charge in [0.2, 0.25) is 0 Å². The van der Waals surface area contributed by atoms with Crippen LogP contribution in [0.25, 0.3) is 0 Å². The van der Waals surface area contributed by atoms with Gasteiger partial charge in [0.15, 0.2) is 0 Å². The van der Waals surface area contributed by atoms with Crippen LogP contribution in [0.1, 0.15) is 31.9 Å². The molecule has 19 heavy (non-hydrogen) atoms. The topological polar surface area (TPSA) is 76.6 Å². The lowest BCUT2D eigenvalue weighted by Crippen LogP contribution is -2.47. The Labute approximate surface area is 112 Å². The minimum atomic E-state index is -0.898. The number of H-pyrrole nitrogens is 1. The number of hydrogen-bond donors (Lipinski definition) is 2. The lowest BCUT2D eigenvalue weighted by molar-refractivity contribution is -0.139. The van der Waals surface area contributed by atoms with E-state index in [1.54, 1.807) is 30.7 Å². The molecule has 1 aliphatic rings. The van der Waals surface area contributed by atoms with E-state index in [-0.39, 0.29) is 18.5 Å². The molecule has 0 aliphatic carbocycles. The van der Waals surface area contributed by atoms with Gasteiger partial charge in [-0.1, -0.05) is 0 Å². The molecule has 6 heteroatoms. The molecule has 0 bridgehead atoms. The molecule has 6 nitrogen and oxygen atoms in total. The van der Waals surface area contributed by atoms with Crippen molar-refractivity contribution in [3.05, 3.63) is 24.0 Å². The van der Waals surface area contributed by atoms with E-state index >= 15 is 0 Å². The number of aromatic amines is 1. The Morgan fingerprint density at radius 1 is 1.58 bits per heavy atom. The maximum absolute atomic E-state index is 12.3. The number of carbonyl (C=O) groups is 2. The van der Waals surface area contributed by atoms with Crippen LogP contribution in [0.3, 0.4) is 0 Å². The molecule has 0 aromatic carbocycles. The number of carboxylic acids is 1. The Balaban J connectivity index is 2.21. The summed E-state index contributed by atoms with van der Waals surface area (Å²) in [5, 5.41) is 8.95. The van der Waals surface area contributed by atoms with Crippen LogP contribution in [0.4, 0.5) is 4.79 Å². The predicted molar refractivity (Wildman–Crippen MR) is 69.7 cm³/mol. The van der Waals surface area contributed by atoms with Crippen molar-refractivity contribution in [2.45, 2.75) is 31.8 Å². The Hall–Kier alpha value is -1.98. The van der Waals surface area contributed by atoms with Crippen molar-refractivity contribution in [2.24, 2.45) is 0 Å². The van der Waals surface area contributed by atoms with E-state index in [1.165, 1.54) is 0 Å². The van der Waals surface area contributed by atoms with Crippen LogP contribution in [0.2, 0.25) is 0 Å². The number of hydrogen-bond acceptors (Lipinski definition) is 2. The highest BCUT2D eigenvalue weighted by Crippen LogP contribution is 2.33. The normalized spacial score (nSPS) is 20.2. The number of carbonyl (C=O) groups excluding carboxylic acids is 1. The largest absolute Gasteiger partial charge is 0.481 e. The molecule has 104 valence electrons. The molecule has 1 aliphatic heterocycles. The van der Waals surface area contributed by atoms with Crippen molar-refractivity contribution in [3.63, 3.8) is 0 Å². The molecular formula is C13H19N3O3. The lowest BCUT2D eigenvalue weighted by Gasteiger charge is -2.33. The van der Waals surface area contributed by atoms with E-state index in [0.717, 1.165) is 5.56 Å². The minimum absolute atomic E-state index is 0.0354. The monoisotopic (exact) mass is 265 g/mol. The summed E-state index contributed by atoms with van der Waals surface area (Å²) in [5.41, 5.74) is 0.340. The molecule has 1 unspecified atom stereocenters. The van der Waals surface area contributed by atoms with Crippen LogP contribution in [-0.2, 0) is 4.79 Å². The smallest absolute Gasteiger partial charge is 0.320 e. The first kappa shape index (κ1) is 13.5. The van der Waals surface area contributed by atoms with Crippen molar-refractivity contribution in [1.29, 1.82) is 0 Å². The van der Waals surface area contributed by atoms with Gasteiger partial charge >= 0.3 is 12.0 Å². The van der Waals surface area contributed by atoms with Crippen LogP contribution >= 0.6 is 0 Å². The van der Waals surface area contributed by atoms with E-state index in [4.69, 9.17) is 5.11 Å². The third kappa shape index (κ3) is 2.43. The Morgan fingerprint density at radius 2 is 2.26 bits per heavy atom. The van der Waals surface area contributed by atoms with Crippen LogP contribution < -0.4 is 0 Å². The molecule has 0 radical (unpaired) electrons. The van der Waals surface area contributed by atoms with Gasteiger partial charge in [-0.2, -0.15) is 0 Å². The fraction of sp³-hybridized carbons (Fsp3) is 0.538. The number of aliphatic carboxylic acids is 1. The van der Waals surface area contributed by atoms with Crippen molar-refractivity contribution in [3.8, 4) is 0 Å². The molecule has 2 heterocycles. The third-order valence-electron chi connectivity index (χ3n) is 3.68. The highest BCUT2D eigenvalue weighted by atomic mass is 16.4. The fourth-order valence-corrected chi connectivity index (χ4v) is 2.54. The van der Waals surface area contributed by atoms with Gasteiger partial charge in [-0.05, 0) is 25.5 Å². The molecular weight excluding hydrogens is 246 g/mol. The van der Waals surface area contributed by atoms with E-state index in [1.807, 2.05) is 18.5 Å². The average molecular weight is 265 g/mol. The molecule has 2 amide bonds. The average Bonchev–Trinajstić information content (AvgIpc) is 2.87. The summed E-state index contributed by atoms with van der Waals surface area (Å²) in [6.45, 7) is 4.08. The zero-order valence-corrected chi connectivity index (χ0v) is 11.4. The van der Waals surface area contributed by atoms with Crippen LogP contribution in [0.5, 0.6) is 0 Å². The standard InChI is InChI=1S/C13H19N3O3/c1-13(2,6-11(17)18)16-8-10(15(3)12(16)19)9-4-5-14-7-9/h4-5,7,10,14H,6,8H2,1-3H3,(H,17,18). The molecule has 2 rings (SSSR count). The van der Waals surface area contributed by atoms with Gasteiger partial charge in [0, 0.05) is 31.5 Å². The van der Waals surface area contributed by atoms with E-state index in [0.29, 0.717) is 6.54 Å². The summed E-state index contributed by atoms with van der Waals surface area (Å²) in [6.07, 6.45) is 3.62. The summed E-state index contributed by atoms with van der Waals surface area (Å²) < 4.78 is 0. The summed E-state index contributed by atoms with van der Waals surface area (Å²) in [5.74, 6) is -0.898. The van der Waals surface area contributed by atoms with Crippen LogP contribution in [-0.4, -0.2) is 51.0 Å². The summed E-state index contributed by atoms with van der Waals surface area (Å²) in [4.78, 5) is 29.5. The van der Waals surface area contributed by atoms with Gasteiger partial charge in [0.1, 0.15) is 0 Å². The molecule has 1 fully saturated rings. The highest BCUT2D eigenvalue weighted by molar-refractivity contribution is 5.79. The zero-order chi connectivity index (χ0) is 14.2. The SMILES string of the molecule is CN1C(=O)N(C(C)(C)CC(=O)O)CC1c1cc[nH]c1. The summed E-state index contributed by atoms with van der Waals surface area (Å²) >= 11 is 0. The van der Waals surface area contributed by atoms with E-state index in [2.05, 4.69) is 4.98 Å². The van der Waals surface area contributed by atoms with Crippen LogP contribution in [0, 0.1) is 0 Å². The minimum Gasteiger partial charge on any atom is -0.481 e. The number of rotatable bonds is 4. The van der Waals surface area contributed by atoms with Gasteiger partial charge in [-0.15, -0.1) is 0 Å². The Bertz CT molecular complexity index is 481. The van der Waals surface area contributed by atoms with E-state index < -0.39 is 11.5 Å². The number of likely N-dealkylation sites (N-methyl/N-ethyl adjacent to an activating group) is 1. The first-order valence-corrected chi connectivity index (χ1v) is 6.22. The fourth-order valence-electron chi connectivity index (χ4n) is 2.54. The molecule has 1 atom stereocenters. The number of nitrogens with zero attached hydrogens (tertiary/aromatic N) is 2.